The second-order valence-electron chi connectivity index (χ2n) is 6.31. The van der Waals surface area contributed by atoms with Crippen LogP contribution < -0.4 is 10.6 Å². The average Bonchev–Trinajstić information content (AvgIpc) is 3.18. The van der Waals surface area contributed by atoms with E-state index in [0.717, 1.165) is 5.69 Å². The van der Waals surface area contributed by atoms with Crippen LogP contribution in [0.15, 0.2) is 73.1 Å². The highest BCUT2D eigenvalue weighted by molar-refractivity contribution is 6.04. The zero-order chi connectivity index (χ0) is 18.5. The normalized spacial score (nSPS) is 10.6. The van der Waals surface area contributed by atoms with Crippen LogP contribution >= 0.6 is 0 Å². The molecule has 0 spiro atoms. The summed E-state index contributed by atoms with van der Waals surface area (Å²) in [6, 6.07) is 18.4. The van der Waals surface area contributed by atoms with Gasteiger partial charge in [0.15, 0.2) is 0 Å². The first kappa shape index (κ1) is 17.5. The summed E-state index contributed by atoms with van der Waals surface area (Å²) >= 11 is 0. The summed E-state index contributed by atoms with van der Waals surface area (Å²) in [5.41, 5.74) is 2.96. The maximum atomic E-state index is 12.4. The van der Waals surface area contributed by atoms with Gasteiger partial charge in [0.25, 0.3) is 5.91 Å². The van der Waals surface area contributed by atoms with Crippen LogP contribution in [0, 0.1) is 5.92 Å². The van der Waals surface area contributed by atoms with E-state index in [1.54, 1.807) is 36.4 Å². The van der Waals surface area contributed by atoms with Crippen molar-refractivity contribution in [2.24, 2.45) is 5.92 Å². The second kappa shape index (κ2) is 7.70. The fourth-order valence-electron chi connectivity index (χ4n) is 2.42. The lowest BCUT2D eigenvalue weighted by atomic mass is 10.1. The Morgan fingerprint density at radius 3 is 1.88 bits per heavy atom. The smallest absolute Gasteiger partial charge is 0.255 e. The van der Waals surface area contributed by atoms with Gasteiger partial charge < -0.3 is 15.2 Å². The Morgan fingerprint density at radius 1 is 0.808 bits per heavy atom. The zero-order valence-corrected chi connectivity index (χ0v) is 14.8. The minimum atomic E-state index is -0.178. The van der Waals surface area contributed by atoms with E-state index < -0.39 is 0 Å². The third-order valence-corrected chi connectivity index (χ3v) is 3.97. The third kappa shape index (κ3) is 4.19. The molecule has 1 aromatic heterocycles. The summed E-state index contributed by atoms with van der Waals surface area (Å²) < 4.78 is 1.98. The molecule has 3 rings (SSSR count). The Labute approximate surface area is 152 Å². The van der Waals surface area contributed by atoms with Gasteiger partial charge in [-0.2, -0.15) is 0 Å². The molecule has 132 valence electrons. The number of amides is 2. The highest BCUT2D eigenvalue weighted by Crippen LogP contribution is 2.16. The van der Waals surface area contributed by atoms with Gasteiger partial charge in [0.05, 0.1) is 0 Å². The van der Waals surface area contributed by atoms with Gasteiger partial charge in [0, 0.05) is 40.9 Å². The third-order valence-electron chi connectivity index (χ3n) is 3.97. The van der Waals surface area contributed by atoms with Crippen LogP contribution in [0.3, 0.4) is 0 Å². The van der Waals surface area contributed by atoms with E-state index in [1.165, 1.54) is 0 Å². The molecule has 0 aliphatic rings. The summed E-state index contributed by atoms with van der Waals surface area (Å²) in [6.07, 6.45) is 3.91. The lowest BCUT2D eigenvalue weighted by Gasteiger charge is -2.10. The molecule has 1 heterocycles. The van der Waals surface area contributed by atoms with Gasteiger partial charge in [0.1, 0.15) is 0 Å². The van der Waals surface area contributed by atoms with Crippen molar-refractivity contribution in [3.8, 4) is 5.69 Å². The molecule has 0 atom stereocenters. The topological polar surface area (TPSA) is 63.1 Å². The molecule has 5 nitrogen and oxygen atoms in total. The molecule has 0 unspecified atom stereocenters. The quantitative estimate of drug-likeness (QED) is 0.722. The highest BCUT2D eigenvalue weighted by Gasteiger charge is 2.09. The Bertz CT molecular complexity index is 880. The van der Waals surface area contributed by atoms with Crippen LogP contribution in [-0.4, -0.2) is 16.4 Å². The van der Waals surface area contributed by atoms with Gasteiger partial charge in [-0.05, 0) is 60.7 Å². The summed E-state index contributed by atoms with van der Waals surface area (Å²) in [5, 5.41) is 5.68. The van der Waals surface area contributed by atoms with E-state index >= 15 is 0 Å². The molecule has 0 aliphatic heterocycles. The number of benzene rings is 2. The number of nitrogens with zero attached hydrogens (tertiary/aromatic N) is 1. The Balaban J connectivity index is 1.63. The molecule has 2 N–H and O–H groups in total. The van der Waals surface area contributed by atoms with Crippen molar-refractivity contribution in [3.05, 3.63) is 78.6 Å². The fraction of sp³-hybridized carbons (Fsp3) is 0.143. The van der Waals surface area contributed by atoms with Gasteiger partial charge in [0.2, 0.25) is 5.91 Å². The monoisotopic (exact) mass is 347 g/mol. The van der Waals surface area contributed by atoms with Crippen molar-refractivity contribution in [1.82, 2.24) is 4.57 Å². The first-order valence-corrected chi connectivity index (χ1v) is 8.48. The van der Waals surface area contributed by atoms with E-state index in [-0.39, 0.29) is 17.7 Å². The van der Waals surface area contributed by atoms with E-state index in [9.17, 15) is 9.59 Å². The maximum absolute atomic E-state index is 12.4. The van der Waals surface area contributed by atoms with Crippen molar-refractivity contribution in [3.63, 3.8) is 0 Å². The molecule has 2 amide bonds. The molecular weight excluding hydrogens is 326 g/mol. The van der Waals surface area contributed by atoms with E-state index in [4.69, 9.17) is 0 Å². The summed E-state index contributed by atoms with van der Waals surface area (Å²) in [5.74, 6) is -0.295. The number of carbonyl (C=O) groups excluding carboxylic acids is 2. The molecule has 5 heteroatoms. The first-order valence-electron chi connectivity index (χ1n) is 8.48. The average molecular weight is 347 g/mol. The minimum absolute atomic E-state index is 0.0374. The molecule has 3 aromatic rings. The molecule has 0 fully saturated rings. The number of hydrogen-bond acceptors (Lipinski definition) is 2. The largest absolute Gasteiger partial charge is 0.326 e. The predicted octanol–water partition coefficient (Wildman–Crippen LogP) is 4.32. The van der Waals surface area contributed by atoms with E-state index in [0.29, 0.717) is 16.9 Å². The highest BCUT2D eigenvalue weighted by atomic mass is 16.2. The number of carbonyl (C=O) groups is 2. The number of hydrogen-bond donors (Lipinski definition) is 2. The maximum Gasteiger partial charge on any atom is 0.255 e. The number of nitrogens with one attached hydrogen (secondary N) is 2. The van der Waals surface area contributed by atoms with Crippen molar-refractivity contribution >= 4 is 23.2 Å². The van der Waals surface area contributed by atoms with Crippen molar-refractivity contribution in [1.29, 1.82) is 0 Å². The Kier molecular flexibility index (Phi) is 5.17. The van der Waals surface area contributed by atoms with Gasteiger partial charge >= 0.3 is 0 Å². The van der Waals surface area contributed by atoms with Crippen LogP contribution in [0.1, 0.15) is 24.2 Å². The molecule has 0 saturated heterocycles. The Morgan fingerprint density at radius 2 is 1.35 bits per heavy atom. The van der Waals surface area contributed by atoms with Gasteiger partial charge in [-0.25, -0.2) is 0 Å². The van der Waals surface area contributed by atoms with Crippen LogP contribution in [0.5, 0.6) is 0 Å². The number of anilines is 2. The van der Waals surface area contributed by atoms with Gasteiger partial charge in [-0.3, -0.25) is 9.59 Å². The summed E-state index contributed by atoms with van der Waals surface area (Å²) in [7, 11) is 0. The number of rotatable bonds is 5. The molecule has 2 aromatic carbocycles. The lowest BCUT2D eigenvalue weighted by Crippen LogP contribution is -2.17. The summed E-state index contributed by atoms with van der Waals surface area (Å²) in [6.45, 7) is 3.68. The standard InChI is InChI=1S/C21H21N3O2/c1-15(2)20(25)22-17-7-9-18(10-8-17)23-21(26)16-5-11-19(12-6-16)24-13-3-4-14-24/h3-15H,1-2H3,(H,22,25)(H,23,26). The van der Waals surface area contributed by atoms with Crippen molar-refractivity contribution < 1.29 is 9.59 Å². The molecule has 0 bridgehead atoms. The number of aromatic nitrogens is 1. The summed E-state index contributed by atoms with van der Waals surface area (Å²) in [4.78, 5) is 24.1. The van der Waals surface area contributed by atoms with Crippen LogP contribution in [0.25, 0.3) is 5.69 Å². The fourth-order valence-corrected chi connectivity index (χ4v) is 2.42. The SMILES string of the molecule is CC(C)C(=O)Nc1ccc(NC(=O)c2ccc(-n3cccc3)cc2)cc1. The predicted molar refractivity (Wildman–Crippen MR) is 104 cm³/mol. The molecule has 0 aliphatic carbocycles. The van der Waals surface area contributed by atoms with Crippen LogP contribution in [-0.2, 0) is 4.79 Å². The first-order chi connectivity index (χ1) is 12.5. The van der Waals surface area contributed by atoms with Crippen molar-refractivity contribution in [2.45, 2.75) is 13.8 Å². The molecule has 0 saturated carbocycles. The second-order valence-corrected chi connectivity index (χ2v) is 6.31. The molecule has 26 heavy (non-hydrogen) atoms. The zero-order valence-electron chi connectivity index (χ0n) is 14.8. The Hall–Kier alpha value is -3.34. The van der Waals surface area contributed by atoms with Crippen LogP contribution in [0.2, 0.25) is 0 Å². The van der Waals surface area contributed by atoms with E-state index in [1.807, 2.05) is 55.1 Å². The van der Waals surface area contributed by atoms with Gasteiger partial charge in [-0.15, -0.1) is 0 Å². The lowest BCUT2D eigenvalue weighted by molar-refractivity contribution is -0.118. The van der Waals surface area contributed by atoms with E-state index in [2.05, 4.69) is 10.6 Å². The molecular formula is C21H21N3O2. The molecule has 0 radical (unpaired) electrons. The van der Waals surface area contributed by atoms with Crippen molar-refractivity contribution in [2.75, 3.05) is 10.6 Å². The van der Waals surface area contributed by atoms with Gasteiger partial charge in [-0.1, -0.05) is 13.8 Å². The minimum Gasteiger partial charge on any atom is -0.326 e. The van der Waals surface area contributed by atoms with Crippen LogP contribution in [0.4, 0.5) is 11.4 Å².